The topological polar surface area (TPSA) is 59.0 Å². The third kappa shape index (κ3) is 3.97. The zero-order valence-electron chi connectivity index (χ0n) is 15.8. The van der Waals surface area contributed by atoms with Crippen molar-refractivity contribution in [2.24, 2.45) is 11.8 Å². The smallest absolute Gasteiger partial charge is 0.176 e. The van der Waals surface area contributed by atoms with Crippen molar-refractivity contribution in [3.05, 3.63) is 53.8 Å². The maximum absolute atomic E-state index is 13.5. The quantitative estimate of drug-likeness (QED) is 0.771. The van der Waals surface area contributed by atoms with E-state index in [2.05, 4.69) is 4.90 Å². The third-order valence-electron chi connectivity index (χ3n) is 5.78. The number of ketones is 1. The molecule has 1 saturated carbocycles. The summed E-state index contributed by atoms with van der Waals surface area (Å²) in [5.41, 5.74) is 0.299. The number of rotatable bonds is 6. The molecule has 1 aliphatic carbocycles. The van der Waals surface area contributed by atoms with Crippen molar-refractivity contribution in [2.75, 3.05) is 26.7 Å². The first-order valence-corrected chi connectivity index (χ1v) is 9.56. The molecule has 2 aliphatic rings. The molecule has 4 rings (SSSR count). The van der Waals surface area contributed by atoms with E-state index in [4.69, 9.17) is 9.47 Å². The fourth-order valence-electron chi connectivity index (χ4n) is 4.39. The number of benzene rings is 2. The fraction of sp³-hybridized carbons (Fsp3) is 0.409. The number of nitrogens with zero attached hydrogens (tertiary/aromatic N) is 1. The van der Waals surface area contributed by atoms with Crippen molar-refractivity contribution in [3.63, 3.8) is 0 Å². The fourth-order valence-corrected chi connectivity index (χ4v) is 4.39. The maximum atomic E-state index is 13.5. The predicted molar refractivity (Wildman–Crippen MR) is 102 cm³/mol. The molecule has 2 aromatic rings. The minimum Gasteiger partial charge on any atom is -0.505 e. The van der Waals surface area contributed by atoms with Gasteiger partial charge in [-0.25, -0.2) is 4.39 Å². The summed E-state index contributed by atoms with van der Waals surface area (Å²) in [4.78, 5) is 14.6. The Morgan fingerprint density at radius 2 is 1.75 bits per heavy atom. The number of hydrogen-bond donors (Lipinski definition) is 1. The van der Waals surface area contributed by atoms with Crippen molar-refractivity contribution in [1.82, 2.24) is 4.90 Å². The van der Waals surface area contributed by atoms with E-state index in [0.717, 1.165) is 43.5 Å². The van der Waals surface area contributed by atoms with Gasteiger partial charge < -0.3 is 14.6 Å². The van der Waals surface area contributed by atoms with Gasteiger partial charge in [0, 0.05) is 18.7 Å². The van der Waals surface area contributed by atoms with Crippen LogP contribution in [0, 0.1) is 17.7 Å². The highest BCUT2D eigenvalue weighted by atomic mass is 19.1. The number of ether oxygens (including phenoxy) is 2. The molecule has 28 heavy (non-hydrogen) atoms. The molecule has 1 saturated heterocycles. The molecule has 1 N–H and O–H groups in total. The zero-order chi connectivity index (χ0) is 19.7. The van der Waals surface area contributed by atoms with Crippen LogP contribution in [0.3, 0.4) is 0 Å². The maximum Gasteiger partial charge on any atom is 0.176 e. The standard InChI is InChI=1S/C22H24FNO4/c1-27-17-3-5-18(6-4-17)28-19-8-15-11-24(12-16(15)9-19)13-22(26)14-2-7-21(25)20(23)10-14/h2-7,10,15-16,19,25H,8-9,11-13H2,1H3/t15-,16+,19?. The van der Waals surface area contributed by atoms with Gasteiger partial charge in [-0.1, -0.05) is 0 Å². The molecule has 6 heteroatoms. The molecule has 0 bridgehead atoms. The van der Waals surface area contributed by atoms with Gasteiger partial charge in [0.1, 0.15) is 11.5 Å². The van der Waals surface area contributed by atoms with Crippen LogP contribution < -0.4 is 9.47 Å². The Kier molecular flexibility index (Phi) is 5.22. The Bertz CT molecular complexity index is 840. The second kappa shape index (κ2) is 7.80. The van der Waals surface area contributed by atoms with Gasteiger partial charge in [-0.2, -0.15) is 0 Å². The number of halogens is 1. The first kappa shape index (κ1) is 18.7. The number of carbonyl (C=O) groups excluding carboxylic acids is 1. The molecular formula is C22H24FNO4. The molecule has 3 atom stereocenters. The lowest BCUT2D eigenvalue weighted by molar-refractivity contribution is 0.0936. The van der Waals surface area contributed by atoms with E-state index in [0.29, 0.717) is 17.4 Å². The van der Waals surface area contributed by atoms with Crippen LogP contribution in [0.4, 0.5) is 4.39 Å². The van der Waals surface area contributed by atoms with Gasteiger partial charge in [-0.3, -0.25) is 9.69 Å². The lowest BCUT2D eigenvalue weighted by Gasteiger charge is -2.19. The Labute approximate surface area is 163 Å². The molecular weight excluding hydrogens is 361 g/mol. The Morgan fingerprint density at radius 1 is 1.11 bits per heavy atom. The highest BCUT2D eigenvalue weighted by molar-refractivity contribution is 5.97. The molecule has 1 heterocycles. The lowest BCUT2D eigenvalue weighted by Crippen LogP contribution is -2.30. The Balaban J connectivity index is 1.28. The molecule has 5 nitrogen and oxygen atoms in total. The minimum absolute atomic E-state index is 0.120. The van der Waals surface area contributed by atoms with E-state index in [1.165, 1.54) is 12.1 Å². The van der Waals surface area contributed by atoms with Crippen LogP contribution in [0.15, 0.2) is 42.5 Å². The summed E-state index contributed by atoms with van der Waals surface area (Å²) >= 11 is 0. The van der Waals surface area contributed by atoms with Crippen LogP contribution in [0.25, 0.3) is 0 Å². The molecule has 1 aliphatic heterocycles. The van der Waals surface area contributed by atoms with Crippen LogP contribution in [-0.2, 0) is 0 Å². The average molecular weight is 385 g/mol. The van der Waals surface area contributed by atoms with E-state index in [1.54, 1.807) is 7.11 Å². The number of Topliss-reactive ketones (excluding diaryl/α,β-unsaturated/α-hetero) is 1. The van der Waals surface area contributed by atoms with Crippen LogP contribution in [0.1, 0.15) is 23.2 Å². The molecule has 2 aromatic carbocycles. The van der Waals surface area contributed by atoms with Crippen molar-refractivity contribution < 1.29 is 23.8 Å². The van der Waals surface area contributed by atoms with Crippen molar-refractivity contribution in [1.29, 1.82) is 0 Å². The molecule has 1 unspecified atom stereocenters. The highest BCUT2D eigenvalue weighted by Crippen LogP contribution is 2.40. The Hall–Kier alpha value is -2.60. The summed E-state index contributed by atoms with van der Waals surface area (Å²) < 4.78 is 24.7. The highest BCUT2D eigenvalue weighted by Gasteiger charge is 2.42. The van der Waals surface area contributed by atoms with Gasteiger partial charge in [0.05, 0.1) is 19.8 Å². The third-order valence-corrected chi connectivity index (χ3v) is 5.78. The molecule has 0 spiro atoms. The second-order valence-electron chi connectivity index (χ2n) is 7.69. The largest absolute Gasteiger partial charge is 0.505 e. The summed E-state index contributed by atoms with van der Waals surface area (Å²) in [5.74, 6) is 1.39. The first-order chi connectivity index (χ1) is 13.5. The number of phenolic OH excluding ortho intramolecular Hbond substituents is 1. The first-order valence-electron chi connectivity index (χ1n) is 9.56. The average Bonchev–Trinajstić information content (AvgIpc) is 3.22. The summed E-state index contributed by atoms with van der Waals surface area (Å²) in [6.07, 6.45) is 2.16. The van der Waals surface area contributed by atoms with Gasteiger partial charge in [0.15, 0.2) is 17.3 Å². The SMILES string of the molecule is COc1ccc(OC2C[C@@H]3CN(CC(=O)c4ccc(O)c(F)c4)C[C@@H]3C2)cc1. The summed E-state index contributed by atoms with van der Waals surface area (Å²) in [6.45, 7) is 2.00. The minimum atomic E-state index is -0.761. The van der Waals surface area contributed by atoms with Crippen molar-refractivity contribution >= 4 is 5.78 Å². The molecule has 0 radical (unpaired) electrons. The van der Waals surface area contributed by atoms with Crippen molar-refractivity contribution in [2.45, 2.75) is 18.9 Å². The molecule has 2 fully saturated rings. The van der Waals surface area contributed by atoms with E-state index in [1.807, 2.05) is 24.3 Å². The number of aromatic hydroxyl groups is 1. The number of hydrogen-bond acceptors (Lipinski definition) is 5. The monoisotopic (exact) mass is 385 g/mol. The number of likely N-dealkylation sites (tertiary alicyclic amines) is 1. The zero-order valence-corrected chi connectivity index (χ0v) is 15.8. The number of fused-ring (bicyclic) bond motifs is 1. The van der Waals surface area contributed by atoms with Gasteiger partial charge in [0.25, 0.3) is 0 Å². The molecule has 0 amide bonds. The van der Waals surface area contributed by atoms with E-state index in [-0.39, 0.29) is 18.4 Å². The number of methoxy groups -OCH3 is 1. The second-order valence-corrected chi connectivity index (χ2v) is 7.69. The normalized spacial score (nSPS) is 24.1. The van der Waals surface area contributed by atoms with E-state index in [9.17, 15) is 14.3 Å². The summed E-state index contributed by atoms with van der Waals surface area (Å²) in [7, 11) is 1.64. The number of carbonyl (C=O) groups is 1. The Morgan fingerprint density at radius 3 is 2.36 bits per heavy atom. The molecule has 148 valence electrons. The predicted octanol–water partition coefficient (Wildman–Crippen LogP) is 3.51. The van der Waals surface area contributed by atoms with Gasteiger partial charge >= 0.3 is 0 Å². The lowest BCUT2D eigenvalue weighted by atomic mass is 10.0. The van der Waals surface area contributed by atoms with Crippen LogP contribution in [-0.4, -0.2) is 48.6 Å². The summed E-state index contributed by atoms with van der Waals surface area (Å²) in [6, 6.07) is 11.4. The van der Waals surface area contributed by atoms with Gasteiger partial charge in [-0.15, -0.1) is 0 Å². The van der Waals surface area contributed by atoms with Gasteiger partial charge in [-0.05, 0) is 67.1 Å². The van der Waals surface area contributed by atoms with Crippen LogP contribution >= 0.6 is 0 Å². The van der Waals surface area contributed by atoms with E-state index < -0.39 is 11.6 Å². The number of phenols is 1. The van der Waals surface area contributed by atoms with Crippen LogP contribution in [0.2, 0.25) is 0 Å². The summed E-state index contributed by atoms with van der Waals surface area (Å²) in [5, 5.41) is 9.26. The van der Waals surface area contributed by atoms with Crippen molar-refractivity contribution in [3.8, 4) is 17.2 Å². The van der Waals surface area contributed by atoms with Crippen LogP contribution in [0.5, 0.6) is 17.2 Å². The van der Waals surface area contributed by atoms with Gasteiger partial charge in [0.2, 0.25) is 0 Å². The molecule has 0 aromatic heterocycles. The van der Waals surface area contributed by atoms with E-state index >= 15 is 0 Å².